The summed E-state index contributed by atoms with van der Waals surface area (Å²) < 4.78 is 36.1. The average molecular weight is 444 g/mol. The third kappa shape index (κ3) is 3.23. The van der Waals surface area contributed by atoms with Gasteiger partial charge in [0.1, 0.15) is 17.9 Å². The highest BCUT2D eigenvalue weighted by Crippen LogP contribution is 2.56. The van der Waals surface area contributed by atoms with Crippen molar-refractivity contribution >= 4 is 16.9 Å². The fourth-order valence-electron chi connectivity index (χ4n) is 4.57. The van der Waals surface area contributed by atoms with E-state index in [1.807, 2.05) is 38.6 Å². The summed E-state index contributed by atoms with van der Waals surface area (Å²) in [4.78, 5) is 21.0. The number of fused-ring (bicyclic) bond motifs is 1. The normalized spacial score (nSPS) is 20.8. The molecule has 2 fully saturated rings. The van der Waals surface area contributed by atoms with Gasteiger partial charge in [-0.3, -0.25) is 14.0 Å². The fourth-order valence-corrected chi connectivity index (χ4v) is 4.57. The van der Waals surface area contributed by atoms with Gasteiger partial charge in [-0.1, -0.05) is 0 Å². The van der Waals surface area contributed by atoms with Gasteiger partial charge in [0, 0.05) is 24.2 Å². The van der Waals surface area contributed by atoms with E-state index < -0.39 is 12.0 Å². The van der Waals surface area contributed by atoms with Crippen molar-refractivity contribution in [1.29, 1.82) is 0 Å². The number of hydrogen-bond donors (Lipinski definition) is 1. The standard InChI is InChI=1S/C22H26F2N6O2/c1-12(14-9-25-19(31)22(14)5-6-22)32-18-17-16(26-11-29(17)20(23)24)7-15(28-18)13-8-27-30(10-13)21(2,3)4/h7-8,10-12,14,20H,5-6,9H2,1-4H3,(H,25,31)/t12-,14?/m1/s1. The lowest BCUT2D eigenvalue weighted by molar-refractivity contribution is -0.124. The fraction of sp³-hybridized carbons (Fsp3) is 0.545. The number of alkyl halides is 2. The van der Waals surface area contributed by atoms with E-state index in [9.17, 15) is 13.6 Å². The monoisotopic (exact) mass is 444 g/mol. The van der Waals surface area contributed by atoms with Crippen LogP contribution >= 0.6 is 0 Å². The molecule has 1 saturated carbocycles. The second-order valence-electron chi connectivity index (χ2n) is 9.75. The van der Waals surface area contributed by atoms with Crippen LogP contribution < -0.4 is 10.1 Å². The number of imidazole rings is 1. The van der Waals surface area contributed by atoms with Gasteiger partial charge in [-0.05, 0) is 46.6 Å². The number of aromatic nitrogens is 5. The highest BCUT2D eigenvalue weighted by Gasteiger charge is 2.61. The third-order valence-corrected chi connectivity index (χ3v) is 6.59. The van der Waals surface area contributed by atoms with E-state index >= 15 is 0 Å². The van der Waals surface area contributed by atoms with Crippen LogP contribution in [0.1, 0.15) is 47.1 Å². The van der Waals surface area contributed by atoms with E-state index in [2.05, 4.69) is 20.4 Å². The summed E-state index contributed by atoms with van der Waals surface area (Å²) in [6, 6.07) is 1.67. The highest BCUT2D eigenvalue weighted by molar-refractivity contribution is 5.88. The van der Waals surface area contributed by atoms with Gasteiger partial charge in [0.2, 0.25) is 11.8 Å². The quantitative estimate of drug-likeness (QED) is 0.648. The molecule has 0 aromatic carbocycles. The van der Waals surface area contributed by atoms with Gasteiger partial charge in [0.25, 0.3) is 0 Å². The molecular weight excluding hydrogens is 418 g/mol. The Hall–Kier alpha value is -3.04. The van der Waals surface area contributed by atoms with Crippen LogP contribution in [0.25, 0.3) is 22.3 Å². The summed E-state index contributed by atoms with van der Waals surface area (Å²) in [5.41, 5.74) is 1.17. The van der Waals surface area contributed by atoms with Crippen LogP contribution in [-0.4, -0.2) is 42.9 Å². The number of nitrogens with one attached hydrogen (secondary N) is 1. The van der Waals surface area contributed by atoms with E-state index in [0.717, 1.165) is 29.3 Å². The van der Waals surface area contributed by atoms with E-state index in [1.165, 1.54) is 0 Å². The van der Waals surface area contributed by atoms with Gasteiger partial charge in [0.05, 0.1) is 28.4 Å². The molecule has 5 rings (SSSR count). The number of ether oxygens (including phenoxy) is 1. The summed E-state index contributed by atoms with van der Waals surface area (Å²) in [7, 11) is 0. The van der Waals surface area contributed by atoms with Crippen molar-refractivity contribution in [3.05, 3.63) is 24.8 Å². The molecular formula is C22H26F2N6O2. The second-order valence-corrected chi connectivity index (χ2v) is 9.75. The van der Waals surface area contributed by atoms with Gasteiger partial charge in [-0.25, -0.2) is 9.97 Å². The van der Waals surface area contributed by atoms with Crippen LogP contribution in [0.2, 0.25) is 0 Å². The zero-order valence-electron chi connectivity index (χ0n) is 18.5. The van der Waals surface area contributed by atoms with E-state index in [0.29, 0.717) is 17.8 Å². The Morgan fingerprint density at radius 2 is 2.06 bits per heavy atom. The van der Waals surface area contributed by atoms with E-state index in [-0.39, 0.29) is 34.9 Å². The number of rotatable bonds is 5. The number of carbonyl (C=O) groups excluding carboxylic acids is 1. The summed E-state index contributed by atoms with van der Waals surface area (Å²) in [5, 5.41) is 7.33. The first-order chi connectivity index (χ1) is 15.1. The van der Waals surface area contributed by atoms with Gasteiger partial charge >= 0.3 is 6.55 Å². The van der Waals surface area contributed by atoms with Crippen LogP contribution in [0.4, 0.5) is 8.78 Å². The maximum Gasteiger partial charge on any atom is 0.320 e. The van der Waals surface area contributed by atoms with Crippen molar-refractivity contribution in [1.82, 2.24) is 29.6 Å². The maximum atomic E-state index is 13.7. The molecule has 3 aromatic rings. The number of amides is 1. The number of hydrogen-bond acceptors (Lipinski definition) is 5. The van der Waals surface area contributed by atoms with Crippen molar-refractivity contribution < 1.29 is 18.3 Å². The Morgan fingerprint density at radius 3 is 2.69 bits per heavy atom. The van der Waals surface area contributed by atoms with E-state index in [4.69, 9.17) is 4.74 Å². The van der Waals surface area contributed by atoms with Crippen molar-refractivity contribution in [2.45, 2.75) is 58.7 Å². The molecule has 170 valence electrons. The Bertz CT molecular complexity index is 1190. The molecule has 1 N–H and O–H groups in total. The van der Waals surface area contributed by atoms with Crippen molar-refractivity contribution in [3.8, 4) is 17.1 Å². The molecule has 32 heavy (non-hydrogen) atoms. The largest absolute Gasteiger partial charge is 0.473 e. The van der Waals surface area contributed by atoms with Gasteiger partial charge in [-0.2, -0.15) is 13.9 Å². The lowest BCUT2D eigenvalue weighted by Gasteiger charge is -2.24. The number of carbonyl (C=O) groups is 1. The molecule has 2 atom stereocenters. The van der Waals surface area contributed by atoms with Crippen LogP contribution in [0.5, 0.6) is 5.88 Å². The molecule has 2 aliphatic rings. The molecule has 1 amide bonds. The first-order valence-electron chi connectivity index (χ1n) is 10.8. The molecule has 1 aliphatic heterocycles. The molecule has 1 aliphatic carbocycles. The van der Waals surface area contributed by atoms with Gasteiger partial charge in [0.15, 0.2) is 0 Å². The Morgan fingerprint density at radius 1 is 1.31 bits per heavy atom. The molecule has 10 heteroatoms. The second kappa shape index (κ2) is 6.98. The zero-order valence-corrected chi connectivity index (χ0v) is 18.5. The highest BCUT2D eigenvalue weighted by atomic mass is 19.3. The summed E-state index contributed by atoms with van der Waals surface area (Å²) in [5.74, 6) is 0.0977. The van der Waals surface area contributed by atoms with Gasteiger partial charge in [-0.15, -0.1) is 0 Å². The van der Waals surface area contributed by atoms with E-state index in [1.54, 1.807) is 12.3 Å². The predicted octanol–water partition coefficient (Wildman–Crippen LogP) is 3.74. The maximum absolute atomic E-state index is 13.7. The molecule has 0 radical (unpaired) electrons. The number of halogens is 2. The molecule has 1 saturated heterocycles. The van der Waals surface area contributed by atoms with Crippen LogP contribution in [-0.2, 0) is 10.3 Å². The van der Waals surface area contributed by atoms with Crippen molar-refractivity contribution in [3.63, 3.8) is 0 Å². The molecule has 1 unspecified atom stereocenters. The smallest absolute Gasteiger partial charge is 0.320 e. The molecule has 1 spiro atoms. The van der Waals surface area contributed by atoms with Crippen molar-refractivity contribution in [2.24, 2.45) is 11.3 Å². The average Bonchev–Trinajstić information content (AvgIpc) is 3.06. The predicted molar refractivity (Wildman–Crippen MR) is 113 cm³/mol. The SMILES string of the molecule is C[C@@H](Oc1nc(-c2cnn(C(C)(C)C)c2)cc2ncn(C(F)F)c12)C1CNC(=O)C12CC2. The summed E-state index contributed by atoms with van der Waals surface area (Å²) >= 11 is 0. The Labute approximate surface area is 184 Å². The van der Waals surface area contributed by atoms with Crippen LogP contribution in [0.3, 0.4) is 0 Å². The Balaban J connectivity index is 1.56. The summed E-state index contributed by atoms with van der Waals surface area (Å²) in [6.07, 6.45) is 5.91. The van der Waals surface area contributed by atoms with Crippen molar-refractivity contribution in [2.75, 3.05) is 6.54 Å². The lowest BCUT2D eigenvalue weighted by atomic mass is 9.88. The third-order valence-electron chi connectivity index (χ3n) is 6.59. The summed E-state index contributed by atoms with van der Waals surface area (Å²) in [6.45, 7) is 5.70. The van der Waals surface area contributed by atoms with Gasteiger partial charge < -0.3 is 10.1 Å². The molecule has 3 aromatic heterocycles. The minimum atomic E-state index is -2.78. The minimum Gasteiger partial charge on any atom is -0.473 e. The number of nitrogens with zero attached hydrogens (tertiary/aromatic N) is 5. The molecule has 4 heterocycles. The van der Waals surface area contributed by atoms with Crippen LogP contribution in [0, 0.1) is 11.3 Å². The number of pyridine rings is 1. The Kier molecular flexibility index (Phi) is 4.55. The topological polar surface area (TPSA) is 86.9 Å². The lowest BCUT2D eigenvalue weighted by Crippen LogP contribution is -2.32. The zero-order chi connectivity index (χ0) is 22.8. The minimum absolute atomic E-state index is 0.0398. The first-order valence-corrected chi connectivity index (χ1v) is 10.8. The van der Waals surface area contributed by atoms with Crippen LogP contribution in [0.15, 0.2) is 24.8 Å². The molecule has 0 bridgehead atoms. The molecule has 8 nitrogen and oxygen atoms in total. The first kappa shape index (κ1) is 20.8.